The first-order valence-corrected chi connectivity index (χ1v) is 27.0. The molecule has 5 heteroatoms. The van der Waals surface area contributed by atoms with E-state index in [1.54, 1.807) is 11.3 Å². The Bertz CT molecular complexity index is 3210. The smallest absolute Gasteiger partial charge is 0.0887 e. The maximum atomic E-state index is 8.15. The summed E-state index contributed by atoms with van der Waals surface area (Å²) >= 11 is 9.93. The van der Waals surface area contributed by atoms with Gasteiger partial charge >= 0.3 is 0 Å². The Morgan fingerprint density at radius 1 is 0.361 bits per heavy atom. The van der Waals surface area contributed by atoms with E-state index in [2.05, 4.69) is 284 Å². The van der Waals surface area contributed by atoms with Crippen LogP contribution in [0.2, 0.25) is 5.02 Å². The zero-order valence-corrected chi connectivity index (χ0v) is 48.1. The van der Waals surface area contributed by atoms with Crippen molar-refractivity contribution in [3.63, 3.8) is 0 Å². The Balaban J connectivity index is 1.38. The Morgan fingerprint density at radius 2 is 0.750 bits per heavy atom. The molecule has 374 valence electrons. The highest BCUT2D eigenvalue weighted by Crippen LogP contribution is 2.51. The third-order valence-corrected chi connectivity index (χ3v) is 15.6. The van der Waals surface area contributed by atoms with Gasteiger partial charge in [0.1, 0.15) is 0 Å². The molecule has 0 aliphatic carbocycles. The lowest BCUT2D eigenvalue weighted by molar-refractivity contribution is 0.589. The summed E-state index contributed by atoms with van der Waals surface area (Å²) in [5.41, 5.74) is 19.5. The van der Waals surface area contributed by atoms with Crippen molar-refractivity contribution < 1.29 is 0 Å². The fourth-order valence-electron chi connectivity index (χ4n) is 9.80. The quantitative estimate of drug-likeness (QED) is 0.143. The van der Waals surface area contributed by atoms with Crippen molar-refractivity contribution in [2.24, 2.45) is 0 Å². The van der Waals surface area contributed by atoms with E-state index >= 15 is 0 Å². The van der Waals surface area contributed by atoms with E-state index in [1.807, 2.05) is 0 Å². The summed E-state index contributed by atoms with van der Waals surface area (Å²) in [6.45, 7) is 40.9. The Kier molecular flexibility index (Phi) is 14.0. The number of benzene rings is 7. The van der Waals surface area contributed by atoms with E-state index in [0.717, 1.165) is 51.1 Å². The number of thiophene rings is 1. The van der Waals surface area contributed by atoms with Crippen molar-refractivity contribution in [2.45, 2.75) is 152 Å². The molecule has 3 nitrogen and oxygen atoms in total. The van der Waals surface area contributed by atoms with Gasteiger partial charge in [0, 0.05) is 43.9 Å². The number of rotatable bonds is 9. The van der Waals surface area contributed by atoms with Crippen LogP contribution in [0.4, 0.5) is 51.2 Å². The molecule has 0 atom stereocenters. The zero-order valence-electron chi connectivity index (χ0n) is 46.5. The molecule has 0 saturated carbocycles. The lowest BCUT2D eigenvalue weighted by Gasteiger charge is -2.34. The second-order valence-electron chi connectivity index (χ2n) is 25.3. The first-order valence-electron chi connectivity index (χ1n) is 25.8. The van der Waals surface area contributed by atoms with Gasteiger partial charge in [0.05, 0.1) is 27.8 Å². The second kappa shape index (κ2) is 19.2. The number of hydrogen-bond acceptors (Lipinski definition) is 4. The van der Waals surface area contributed by atoms with Crippen LogP contribution in [-0.2, 0) is 27.1 Å². The van der Waals surface area contributed by atoms with Gasteiger partial charge in [-0.15, -0.1) is 11.3 Å². The molecule has 0 saturated heterocycles. The number of aryl methyl sites for hydroxylation is 3. The summed E-state index contributed by atoms with van der Waals surface area (Å²) in [5.74, 6) is 0. The molecule has 8 aromatic rings. The second-order valence-corrected chi connectivity index (χ2v) is 26.6. The van der Waals surface area contributed by atoms with Crippen LogP contribution in [0.5, 0.6) is 0 Å². The number of anilines is 9. The van der Waals surface area contributed by atoms with Crippen LogP contribution in [0.1, 0.15) is 148 Å². The molecule has 1 aromatic heterocycles. The fourth-order valence-corrected chi connectivity index (χ4v) is 11.0. The van der Waals surface area contributed by atoms with Crippen LogP contribution in [-0.4, -0.2) is 0 Å². The van der Waals surface area contributed by atoms with Crippen LogP contribution >= 0.6 is 22.9 Å². The highest BCUT2D eigenvalue weighted by Gasteiger charge is 2.29. The summed E-state index contributed by atoms with van der Waals surface area (Å²) < 4.78 is 1.24. The third-order valence-electron chi connectivity index (χ3n) is 14.2. The average molecular weight is 993 g/mol. The van der Waals surface area contributed by atoms with Gasteiger partial charge in [0.15, 0.2) is 0 Å². The van der Waals surface area contributed by atoms with E-state index in [0.29, 0.717) is 5.02 Å². The Hall–Kier alpha value is -5.81. The van der Waals surface area contributed by atoms with Gasteiger partial charge in [-0.05, 0) is 171 Å². The van der Waals surface area contributed by atoms with Crippen LogP contribution in [0.15, 0.2) is 145 Å². The zero-order chi connectivity index (χ0) is 52.5. The molecule has 1 heterocycles. The van der Waals surface area contributed by atoms with Gasteiger partial charge in [0.2, 0.25) is 0 Å². The van der Waals surface area contributed by atoms with E-state index in [1.165, 1.54) is 54.7 Å². The molecule has 0 N–H and O–H groups in total. The van der Waals surface area contributed by atoms with Crippen molar-refractivity contribution in [1.82, 2.24) is 0 Å². The molecule has 8 rings (SSSR count). The van der Waals surface area contributed by atoms with E-state index in [-0.39, 0.29) is 27.1 Å². The molecule has 0 fully saturated rings. The topological polar surface area (TPSA) is 9.72 Å². The molecule has 7 aromatic carbocycles. The summed E-state index contributed by atoms with van der Waals surface area (Å²) in [5, 5.41) is 4.18. The van der Waals surface area contributed by atoms with Crippen molar-refractivity contribution >= 4 is 84.2 Å². The van der Waals surface area contributed by atoms with E-state index < -0.39 is 0 Å². The predicted octanol–water partition coefficient (Wildman–Crippen LogP) is 21.4. The summed E-state index contributed by atoms with van der Waals surface area (Å²) in [4.78, 5) is 7.21. The molecule has 0 aliphatic heterocycles. The highest BCUT2D eigenvalue weighted by atomic mass is 35.5. The molecular weight excluding hydrogens is 914 g/mol. The fraction of sp³-hybridized carbons (Fsp3) is 0.343. The predicted molar refractivity (Wildman–Crippen MR) is 319 cm³/mol. The maximum Gasteiger partial charge on any atom is 0.0887 e. The normalized spacial score (nSPS) is 12.7. The van der Waals surface area contributed by atoms with Crippen LogP contribution in [0.3, 0.4) is 0 Å². The van der Waals surface area contributed by atoms with Crippen molar-refractivity contribution in [3.8, 4) is 0 Å². The lowest BCUT2D eigenvalue weighted by Crippen LogP contribution is -2.18. The summed E-state index contributed by atoms with van der Waals surface area (Å²) in [6.07, 6.45) is 0. The molecule has 0 unspecified atom stereocenters. The molecule has 0 bridgehead atoms. The minimum absolute atomic E-state index is 0.00447. The van der Waals surface area contributed by atoms with Gasteiger partial charge in [-0.3, -0.25) is 0 Å². The van der Waals surface area contributed by atoms with E-state index in [9.17, 15) is 0 Å². The van der Waals surface area contributed by atoms with Crippen molar-refractivity contribution in [3.05, 3.63) is 194 Å². The Morgan fingerprint density at radius 3 is 1.19 bits per heavy atom. The van der Waals surface area contributed by atoms with Crippen molar-refractivity contribution in [2.75, 3.05) is 14.7 Å². The third kappa shape index (κ3) is 10.8. The number of fused-ring (bicyclic) bond motifs is 1. The minimum atomic E-state index is -0.0168. The van der Waals surface area contributed by atoms with Gasteiger partial charge in [-0.1, -0.05) is 176 Å². The molecule has 0 amide bonds. The lowest BCUT2D eigenvalue weighted by atomic mass is 9.84. The highest BCUT2D eigenvalue weighted by molar-refractivity contribution is 7.17. The summed E-state index contributed by atoms with van der Waals surface area (Å²) in [7, 11) is 0. The van der Waals surface area contributed by atoms with Crippen LogP contribution < -0.4 is 14.7 Å². The van der Waals surface area contributed by atoms with E-state index in [4.69, 9.17) is 11.6 Å². The molecule has 0 aliphatic rings. The average Bonchev–Trinajstić information content (AvgIpc) is 3.71. The summed E-state index contributed by atoms with van der Waals surface area (Å²) in [6, 6.07) is 52.6. The first-order chi connectivity index (χ1) is 33.5. The van der Waals surface area contributed by atoms with Gasteiger partial charge < -0.3 is 14.7 Å². The Labute approximate surface area is 442 Å². The minimum Gasteiger partial charge on any atom is -0.310 e. The SMILES string of the molecule is Cc1cc(N(c2ccc(C(C)(C)C)cc2)c2cccc(N(c3ccc(C(C)(C)C)cc3)c3c(C)cc(C(C)(C)C)cc3C)c2)c(Cl)c(N(c2ccc(C(C)(C)C)cc2)c2csc3ccc(C(C)(C)C)cc23)c1. The maximum absolute atomic E-state index is 8.15. The van der Waals surface area contributed by atoms with Crippen molar-refractivity contribution in [1.29, 1.82) is 0 Å². The monoisotopic (exact) mass is 992 g/mol. The molecule has 0 spiro atoms. The van der Waals surface area contributed by atoms with Crippen LogP contribution in [0.25, 0.3) is 10.1 Å². The largest absolute Gasteiger partial charge is 0.310 e. The first kappa shape index (κ1) is 52.5. The number of halogens is 1. The standard InChI is InChI=1S/C67H78ClN3S/c1-43-36-57(61(68)58(37-43)71(53-33-26-48(27-34-53)65(10,11)12)59-42-72-60-35-28-49(40-56(59)60)66(13,14)15)69(51-29-22-46(23-30-51)63(4,5)6)54-20-19-21-55(41-54)70(52-31-24-47(25-32-52)64(7,8)9)62-44(2)38-50(39-45(62)3)67(16,17)18/h19-42H,1-18H3. The van der Waals surface area contributed by atoms with Gasteiger partial charge in [-0.25, -0.2) is 0 Å². The van der Waals surface area contributed by atoms with Crippen LogP contribution in [0, 0.1) is 20.8 Å². The van der Waals surface area contributed by atoms with Gasteiger partial charge in [-0.2, -0.15) is 0 Å². The molecular formula is C67H78ClN3S. The number of nitrogens with zero attached hydrogens (tertiary/aromatic N) is 3. The molecule has 0 radical (unpaired) electrons. The van der Waals surface area contributed by atoms with Gasteiger partial charge in [0.25, 0.3) is 0 Å². The molecule has 72 heavy (non-hydrogen) atoms. The number of hydrogen-bond donors (Lipinski definition) is 0.